The molecule has 3 N–H and O–H groups in total. The molecule has 0 bridgehead atoms. The van der Waals surface area contributed by atoms with Crippen molar-refractivity contribution in [3.8, 4) is 0 Å². The minimum absolute atomic E-state index is 0. The predicted octanol–water partition coefficient (Wildman–Crippen LogP) is 0.156. The standard InChI is InChI=1S/C5H5N5O.2BrH/c6-3-1-7-5-8-2-9-10(5)4(3)11;;/h1-2H,6H2,(H,7,8,9);2*1H. The molecule has 2 aromatic heterocycles. The lowest BCUT2D eigenvalue weighted by Gasteiger charge is -1.90. The first kappa shape index (κ1) is 12.1. The van der Waals surface area contributed by atoms with Crippen molar-refractivity contribution in [1.29, 1.82) is 0 Å². The number of anilines is 1. The van der Waals surface area contributed by atoms with Gasteiger partial charge in [-0.15, -0.1) is 34.0 Å². The Hall–Kier alpha value is -0.890. The molecule has 0 aliphatic carbocycles. The number of fused-ring (bicyclic) bond motifs is 1. The van der Waals surface area contributed by atoms with Gasteiger partial charge in [-0.1, -0.05) is 0 Å². The molecule has 0 spiro atoms. The van der Waals surface area contributed by atoms with Crippen LogP contribution in [-0.2, 0) is 0 Å². The van der Waals surface area contributed by atoms with Gasteiger partial charge in [0.15, 0.2) is 0 Å². The Kier molecular flexibility index (Phi) is 4.08. The zero-order chi connectivity index (χ0) is 7.84. The van der Waals surface area contributed by atoms with Crippen LogP contribution >= 0.6 is 34.0 Å². The molecule has 0 radical (unpaired) electrons. The average molecular weight is 313 g/mol. The Morgan fingerprint density at radius 3 is 2.77 bits per heavy atom. The molecule has 0 fully saturated rings. The lowest BCUT2D eigenvalue weighted by atomic mass is 10.5. The molecule has 2 heterocycles. The first-order valence-electron chi connectivity index (χ1n) is 2.95. The van der Waals surface area contributed by atoms with Crippen molar-refractivity contribution in [2.75, 3.05) is 5.73 Å². The zero-order valence-electron chi connectivity index (χ0n) is 6.30. The van der Waals surface area contributed by atoms with E-state index in [9.17, 15) is 4.79 Å². The summed E-state index contributed by atoms with van der Waals surface area (Å²) in [5.41, 5.74) is 5.08. The van der Waals surface area contributed by atoms with Crippen LogP contribution in [-0.4, -0.2) is 19.6 Å². The summed E-state index contributed by atoms with van der Waals surface area (Å²) in [4.78, 5) is 18.7. The fraction of sp³-hybridized carbons (Fsp3) is 0. The summed E-state index contributed by atoms with van der Waals surface area (Å²) in [5.74, 6) is 0.323. The van der Waals surface area contributed by atoms with E-state index >= 15 is 0 Å². The molecular formula is C5H7Br2N5O. The first-order chi connectivity index (χ1) is 5.29. The highest BCUT2D eigenvalue weighted by Crippen LogP contribution is 1.90. The van der Waals surface area contributed by atoms with E-state index < -0.39 is 0 Å². The molecule has 2 aromatic rings. The van der Waals surface area contributed by atoms with Crippen LogP contribution in [0.1, 0.15) is 0 Å². The number of rotatable bonds is 0. The van der Waals surface area contributed by atoms with Gasteiger partial charge in [0, 0.05) is 0 Å². The highest BCUT2D eigenvalue weighted by Gasteiger charge is 2.00. The minimum atomic E-state index is -0.326. The van der Waals surface area contributed by atoms with Gasteiger partial charge < -0.3 is 5.73 Å². The molecule has 0 atom stereocenters. The van der Waals surface area contributed by atoms with Crippen molar-refractivity contribution in [2.45, 2.75) is 0 Å². The Morgan fingerprint density at radius 1 is 1.38 bits per heavy atom. The van der Waals surface area contributed by atoms with Gasteiger partial charge in [0.1, 0.15) is 12.0 Å². The van der Waals surface area contributed by atoms with Crippen LogP contribution in [0.4, 0.5) is 5.69 Å². The average Bonchev–Trinajstić information content (AvgIpc) is 2.45. The highest BCUT2D eigenvalue weighted by atomic mass is 79.9. The third kappa shape index (κ3) is 1.89. The lowest BCUT2D eigenvalue weighted by Crippen LogP contribution is -2.18. The topological polar surface area (TPSA) is 89.1 Å². The monoisotopic (exact) mass is 311 g/mol. The molecule has 0 saturated carbocycles. The number of aromatic amines is 1. The van der Waals surface area contributed by atoms with Gasteiger partial charge in [-0.25, -0.2) is 9.97 Å². The summed E-state index contributed by atoms with van der Waals surface area (Å²) in [5, 5.41) is 2.58. The molecule has 72 valence electrons. The first-order valence-corrected chi connectivity index (χ1v) is 2.95. The molecule has 13 heavy (non-hydrogen) atoms. The molecule has 2 rings (SSSR count). The van der Waals surface area contributed by atoms with Crippen molar-refractivity contribution >= 4 is 45.4 Å². The molecule has 0 amide bonds. The number of nitrogens with one attached hydrogen (secondary N) is 1. The molecule has 0 saturated heterocycles. The SMILES string of the molecule is Br.Br.Nc1cnc2nc[nH]n2c1=O. The summed E-state index contributed by atoms with van der Waals surface area (Å²) < 4.78 is 1.18. The quantitative estimate of drug-likeness (QED) is 0.725. The summed E-state index contributed by atoms with van der Waals surface area (Å²) in [6, 6.07) is 0. The molecule has 8 heteroatoms. The second-order valence-electron chi connectivity index (χ2n) is 2.04. The van der Waals surface area contributed by atoms with E-state index in [1.165, 1.54) is 17.0 Å². The number of halogens is 2. The number of nitrogens with zero attached hydrogens (tertiary/aromatic N) is 3. The summed E-state index contributed by atoms with van der Waals surface area (Å²) in [6.45, 7) is 0. The van der Waals surface area contributed by atoms with Crippen LogP contribution in [0.25, 0.3) is 5.78 Å². The van der Waals surface area contributed by atoms with Crippen molar-refractivity contribution in [2.24, 2.45) is 0 Å². The number of aromatic nitrogens is 4. The summed E-state index contributed by atoms with van der Waals surface area (Å²) in [6.07, 6.45) is 2.67. The normalized spacial score (nSPS) is 8.92. The van der Waals surface area contributed by atoms with Gasteiger partial charge in [0.25, 0.3) is 11.3 Å². The van der Waals surface area contributed by atoms with E-state index in [-0.39, 0.29) is 45.2 Å². The van der Waals surface area contributed by atoms with Gasteiger partial charge in [-0.05, 0) is 0 Å². The van der Waals surface area contributed by atoms with Crippen molar-refractivity contribution in [1.82, 2.24) is 19.6 Å². The van der Waals surface area contributed by atoms with Crippen LogP contribution in [0.3, 0.4) is 0 Å². The Bertz CT molecular complexity index is 449. The van der Waals surface area contributed by atoms with Gasteiger partial charge in [0.05, 0.1) is 6.20 Å². The number of hydrogen-bond donors (Lipinski definition) is 2. The second kappa shape index (κ2) is 4.38. The molecule has 0 aromatic carbocycles. The summed E-state index contributed by atoms with van der Waals surface area (Å²) >= 11 is 0. The Labute approximate surface area is 93.7 Å². The van der Waals surface area contributed by atoms with E-state index in [2.05, 4.69) is 15.1 Å². The number of hydrogen-bond acceptors (Lipinski definition) is 4. The summed E-state index contributed by atoms with van der Waals surface area (Å²) in [7, 11) is 0. The minimum Gasteiger partial charge on any atom is -0.393 e. The maximum Gasteiger partial charge on any atom is 0.297 e. The number of nitrogen functional groups attached to an aromatic ring is 1. The van der Waals surface area contributed by atoms with Gasteiger partial charge >= 0.3 is 0 Å². The van der Waals surface area contributed by atoms with E-state index in [4.69, 9.17) is 5.73 Å². The number of nitrogens with two attached hydrogens (primary N) is 1. The third-order valence-electron chi connectivity index (χ3n) is 1.34. The Balaban J connectivity index is 0.000000720. The van der Waals surface area contributed by atoms with E-state index in [1.807, 2.05) is 0 Å². The van der Waals surface area contributed by atoms with Gasteiger partial charge in [-0.2, -0.15) is 4.52 Å². The van der Waals surface area contributed by atoms with Crippen LogP contribution < -0.4 is 11.3 Å². The molecule has 6 nitrogen and oxygen atoms in total. The zero-order valence-corrected chi connectivity index (χ0v) is 9.72. The van der Waals surface area contributed by atoms with Gasteiger partial charge in [0.2, 0.25) is 0 Å². The van der Waals surface area contributed by atoms with Crippen molar-refractivity contribution < 1.29 is 0 Å². The van der Waals surface area contributed by atoms with E-state index in [0.717, 1.165) is 0 Å². The largest absolute Gasteiger partial charge is 0.393 e. The smallest absolute Gasteiger partial charge is 0.297 e. The maximum absolute atomic E-state index is 11.1. The highest BCUT2D eigenvalue weighted by molar-refractivity contribution is 8.93. The molecular weight excluding hydrogens is 306 g/mol. The third-order valence-corrected chi connectivity index (χ3v) is 1.34. The molecule has 0 aliphatic heterocycles. The predicted molar refractivity (Wildman–Crippen MR) is 58.7 cm³/mol. The maximum atomic E-state index is 11.1. The molecule has 0 aliphatic rings. The van der Waals surface area contributed by atoms with Crippen LogP contribution in [0, 0.1) is 0 Å². The fourth-order valence-corrected chi connectivity index (χ4v) is 0.812. The van der Waals surface area contributed by atoms with Crippen molar-refractivity contribution in [3.05, 3.63) is 22.9 Å². The fourth-order valence-electron chi connectivity index (χ4n) is 0.812. The van der Waals surface area contributed by atoms with Crippen LogP contribution in [0.15, 0.2) is 17.3 Å². The lowest BCUT2D eigenvalue weighted by molar-refractivity contribution is 0.903. The van der Waals surface area contributed by atoms with Crippen molar-refractivity contribution in [3.63, 3.8) is 0 Å². The van der Waals surface area contributed by atoms with Gasteiger partial charge in [-0.3, -0.25) is 9.89 Å². The van der Waals surface area contributed by atoms with Crippen LogP contribution in [0.5, 0.6) is 0 Å². The molecule has 0 unspecified atom stereocenters. The number of H-pyrrole nitrogens is 1. The Morgan fingerprint density at radius 2 is 2.08 bits per heavy atom. The van der Waals surface area contributed by atoms with Crippen LogP contribution in [0.2, 0.25) is 0 Å². The van der Waals surface area contributed by atoms with E-state index in [0.29, 0.717) is 5.78 Å². The second-order valence-corrected chi connectivity index (χ2v) is 2.04. The van der Waals surface area contributed by atoms with E-state index in [1.54, 1.807) is 0 Å².